The molecule has 5 rings (SSSR count). The molecule has 0 spiro atoms. The Bertz CT molecular complexity index is 722. The molecular weight excluding hydrogens is 230 g/mol. The number of aromatic nitrogens is 1. The van der Waals surface area contributed by atoms with Crippen LogP contribution in [0.4, 0.5) is 0 Å². The van der Waals surface area contributed by atoms with E-state index in [1.165, 1.54) is 58.6 Å². The van der Waals surface area contributed by atoms with Gasteiger partial charge in [0.15, 0.2) is 0 Å². The van der Waals surface area contributed by atoms with Gasteiger partial charge >= 0.3 is 0 Å². The van der Waals surface area contributed by atoms with E-state index in [-0.39, 0.29) is 0 Å². The third-order valence-electron chi connectivity index (χ3n) is 4.74. The van der Waals surface area contributed by atoms with Gasteiger partial charge in [-0.3, -0.25) is 0 Å². The fraction of sp³-hybridized carbons (Fsp3) is 0.333. The van der Waals surface area contributed by atoms with Crippen LogP contribution in [0.15, 0.2) is 36.4 Å². The molecule has 19 heavy (non-hydrogen) atoms. The first kappa shape index (κ1) is 10.1. The first-order valence-electron chi connectivity index (χ1n) is 7.44. The fourth-order valence-corrected chi connectivity index (χ4v) is 3.27. The van der Waals surface area contributed by atoms with Gasteiger partial charge in [-0.25, -0.2) is 0 Å². The molecule has 1 nitrogen and oxygen atoms in total. The molecule has 2 aromatic carbocycles. The maximum Gasteiger partial charge on any atom is 0.0465 e. The number of fused-ring (bicyclic) bond motifs is 3. The highest BCUT2D eigenvalue weighted by Crippen LogP contribution is 2.43. The number of aromatic amines is 1. The first-order chi connectivity index (χ1) is 9.38. The van der Waals surface area contributed by atoms with Crippen molar-refractivity contribution in [2.45, 2.75) is 37.5 Å². The molecule has 0 atom stereocenters. The lowest BCUT2D eigenvalue weighted by molar-refractivity contribution is 1.14. The number of benzene rings is 2. The molecule has 2 aliphatic carbocycles. The Morgan fingerprint density at radius 2 is 1.16 bits per heavy atom. The monoisotopic (exact) mass is 247 g/mol. The van der Waals surface area contributed by atoms with Crippen molar-refractivity contribution >= 4 is 21.8 Å². The third kappa shape index (κ3) is 1.54. The molecule has 1 aromatic heterocycles. The molecule has 0 aliphatic heterocycles. The third-order valence-corrected chi connectivity index (χ3v) is 4.74. The standard InChI is InChI=1S/C18H17N/c1-2-11(1)13-5-7-17-15(9-13)16-10-14(12-3-4-12)6-8-18(16)19-17/h5-12,19H,1-4H2. The predicted molar refractivity (Wildman–Crippen MR) is 79.8 cm³/mol. The van der Waals surface area contributed by atoms with Gasteiger partial charge < -0.3 is 4.98 Å². The first-order valence-corrected chi connectivity index (χ1v) is 7.44. The number of hydrogen-bond acceptors (Lipinski definition) is 0. The van der Waals surface area contributed by atoms with Crippen LogP contribution in [0.1, 0.15) is 48.6 Å². The lowest BCUT2D eigenvalue weighted by Gasteiger charge is -2.00. The van der Waals surface area contributed by atoms with Gasteiger partial charge in [0.2, 0.25) is 0 Å². The molecule has 94 valence electrons. The van der Waals surface area contributed by atoms with E-state index in [4.69, 9.17) is 0 Å². The highest BCUT2D eigenvalue weighted by molar-refractivity contribution is 6.07. The Morgan fingerprint density at radius 3 is 1.58 bits per heavy atom. The van der Waals surface area contributed by atoms with Crippen LogP contribution >= 0.6 is 0 Å². The van der Waals surface area contributed by atoms with E-state index in [0.29, 0.717) is 0 Å². The molecule has 2 fully saturated rings. The summed E-state index contributed by atoms with van der Waals surface area (Å²) in [6.07, 6.45) is 5.50. The number of H-pyrrole nitrogens is 1. The van der Waals surface area contributed by atoms with Crippen molar-refractivity contribution in [2.75, 3.05) is 0 Å². The van der Waals surface area contributed by atoms with Crippen LogP contribution in [-0.2, 0) is 0 Å². The summed E-state index contributed by atoms with van der Waals surface area (Å²) < 4.78 is 0. The second-order valence-electron chi connectivity index (χ2n) is 6.28. The van der Waals surface area contributed by atoms with Crippen molar-refractivity contribution < 1.29 is 0 Å². The lowest BCUT2D eigenvalue weighted by atomic mass is 10.0. The van der Waals surface area contributed by atoms with Crippen molar-refractivity contribution in [1.82, 2.24) is 4.98 Å². The summed E-state index contributed by atoms with van der Waals surface area (Å²) >= 11 is 0. The summed E-state index contributed by atoms with van der Waals surface area (Å²) in [6.45, 7) is 0. The zero-order valence-corrected chi connectivity index (χ0v) is 10.9. The van der Waals surface area contributed by atoms with Gasteiger partial charge in [0.1, 0.15) is 0 Å². The summed E-state index contributed by atoms with van der Waals surface area (Å²) in [5.74, 6) is 1.67. The summed E-state index contributed by atoms with van der Waals surface area (Å²) in [4.78, 5) is 3.55. The second kappa shape index (κ2) is 3.41. The smallest absolute Gasteiger partial charge is 0.0465 e. The van der Waals surface area contributed by atoms with E-state index in [1.54, 1.807) is 0 Å². The summed E-state index contributed by atoms with van der Waals surface area (Å²) in [5, 5.41) is 2.84. The Labute approximate surface area is 112 Å². The van der Waals surface area contributed by atoms with E-state index in [1.807, 2.05) is 0 Å². The average molecular weight is 247 g/mol. The molecular formula is C18H17N. The predicted octanol–water partition coefficient (Wildman–Crippen LogP) is 5.08. The quantitative estimate of drug-likeness (QED) is 0.650. The zero-order chi connectivity index (χ0) is 12.4. The molecule has 0 saturated heterocycles. The van der Waals surface area contributed by atoms with Gasteiger partial charge in [0, 0.05) is 21.8 Å². The van der Waals surface area contributed by atoms with Gasteiger partial charge in [0.25, 0.3) is 0 Å². The maximum atomic E-state index is 3.55. The van der Waals surface area contributed by atoms with Gasteiger partial charge in [-0.2, -0.15) is 0 Å². The van der Waals surface area contributed by atoms with E-state index in [2.05, 4.69) is 41.4 Å². The van der Waals surface area contributed by atoms with Gasteiger partial charge in [-0.05, 0) is 72.9 Å². The zero-order valence-electron chi connectivity index (χ0n) is 10.9. The van der Waals surface area contributed by atoms with Crippen LogP contribution in [0.25, 0.3) is 21.8 Å². The molecule has 1 N–H and O–H groups in total. The minimum absolute atomic E-state index is 0.834. The number of nitrogens with one attached hydrogen (secondary N) is 1. The van der Waals surface area contributed by atoms with Crippen LogP contribution in [-0.4, -0.2) is 4.98 Å². The molecule has 3 aromatic rings. The van der Waals surface area contributed by atoms with Crippen LogP contribution < -0.4 is 0 Å². The van der Waals surface area contributed by atoms with Crippen molar-refractivity contribution in [2.24, 2.45) is 0 Å². The molecule has 2 aliphatic rings. The van der Waals surface area contributed by atoms with Crippen LogP contribution in [0, 0.1) is 0 Å². The molecule has 2 saturated carbocycles. The number of hydrogen-bond donors (Lipinski definition) is 1. The normalized spacial score (nSPS) is 19.4. The van der Waals surface area contributed by atoms with Gasteiger partial charge in [-0.15, -0.1) is 0 Å². The highest BCUT2D eigenvalue weighted by atomic mass is 14.7. The second-order valence-corrected chi connectivity index (χ2v) is 6.28. The average Bonchev–Trinajstić information content (AvgIpc) is 3.33. The topological polar surface area (TPSA) is 15.8 Å². The minimum atomic E-state index is 0.834. The van der Waals surface area contributed by atoms with E-state index in [9.17, 15) is 0 Å². The van der Waals surface area contributed by atoms with Crippen molar-refractivity contribution in [1.29, 1.82) is 0 Å². The highest BCUT2D eigenvalue weighted by Gasteiger charge is 2.25. The molecule has 0 bridgehead atoms. The largest absolute Gasteiger partial charge is 0.355 e. The van der Waals surface area contributed by atoms with Gasteiger partial charge in [-0.1, -0.05) is 12.1 Å². The number of rotatable bonds is 2. The summed E-state index contributed by atoms with van der Waals surface area (Å²) in [7, 11) is 0. The lowest BCUT2D eigenvalue weighted by Crippen LogP contribution is -1.79. The van der Waals surface area contributed by atoms with Crippen LogP contribution in [0.2, 0.25) is 0 Å². The summed E-state index contributed by atoms with van der Waals surface area (Å²) in [5.41, 5.74) is 5.63. The van der Waals surface area contributed by atoms with Gasteiger partial charge in [0.05, 0.1) is 0 Å². The van der Waals surface area contributed by atoms with Crippen molar-refractivity contribution in [3.8, 4) is 0 Å². The van der Waals surface area contributed by atoms with E-state index < -0.39 is 0 Å². The Morgan fingerprint density at radius 1 is 0.684 bits per heavy atom. The van der Waals surface area contributed by atoms with Crippen molar-refractivity contribution in [3.63, 3.8) is 0 Å². The Balaban J connectivity index is 1.79. The minimum Gasteiger partial charge on any atom is -0.355 e. The molecule has 1 heterocycles. The Kier molecular flexibility index (Phi) is 1.81. The fourth-order valence-electron chi connectivity index (χ4n) is 3.27. The molecule has 0 radical (unpaired) electrons. The van der Waals surface area contributed by atoms with Crippen LogP contribution in [0.3, 0.4) is 0 Å². The van der Waals surface area contributed by atoms with Crippen LogP contribution in [0.5, 0.6) is 0 Å². The SMILES string of the molecule is c1cc2[nH]c3ccc(C4CC4)cc3c2cc1C1CC1. The summed E-state index contributed by atoms with van der Waals surface area (Å²) in [6, 6.07) is 14.0. The molecule has 0 amide bonds. The Hall–Kier alpha value is -1.76. The van der Waals surface area contributed by atoms with Crippen molar-refractivity contribution in [3.05, 3.63) is 47.5 Å². The molecule has 0 unspecified atom stereocenters. The van der Waals surface area contributed by atoms with E-state index >= 15 is 0 Å². The molecule has 1 heteroatoms. The van der Waals surface area contributed by atoms with E-state index in [0.717, 1.165) is 11.8 Å². The maximum absolute atomic E-state index is 3.55.